The quantitative estimate of drug-likeness (QED) is 0.621. The van der Waals surface area contributed by atoms with Gasteiger partial charge in [0.1, 0.15) is 5.01 Å². The molecule has 0 spiro atoms. The number of benzene rings is 1. The van der Waals surface area contributed by atoms with E-state index in [0.29, 0.717) is 16.6 Å². The van der Waals surface area contributed by atoms with Crippen molar-refractivity contribution < 1.29 is 4.79 Å². The Morgan fingerprint density at radius 1 is 1.20 bits per heavy atom. The molecular formula is C17H18N4O3S. The molecule has 25 heavy (non-hydrogen) atoms. The van der Waals surface area contributed by atoms with E-state index in [1.807, 2.05) is 20.8 Å². The summed E-state index contributed by atoms with van der Waals surface area (Å²) in [5, 5.41) is 3.85. The van der Waals surface area contributed by atoms with Gasteiger partial charge in [-0.3, -0.25) is 14.4 Å². The zero-order valence-corrected chi connectivity index (χ0v) is 14.9. The van der Waals surface area contributed by atoms with Gasteiger partial charge in [0.2, 0.25) is 0 Å². The highest BCUT2D eigenvalue weighted by Crippen LogP contribution is 2.25. The fraction of sp³-hybridized carbons (Fsp3) is 0.294. The summed E-state index contributed by atoms with van der Waals surface area (Å²) in [4.78, 5) is 46.0. The molecule has 0 aliphatic carbocycles. The van der Waals surface area contributed by atoms with Gasteiger partial charge in [-0.1, -0.05) is 6.92 Å². The third-order valence-corrected chi connectivity index (χ3v) is 5.23. The minimum Gasteiger partial charge on any atom is -0.343 e. The minimum atomic E-state index is -0.745. The van der Waals surface area contributed by atoms with Crippen molar-refractivity contribution in [3.63, 3.8) is 0 Å². The van der Waals surface area contributed by atoms with Gasteiger partial charge in [-0.25, -0.2) is 4.98 Å². The van der Waals surface area contributed by atoms with E-state index in [9.17, 15) is 14.4 Å². The molecular weight excluding hydrogens is 340 g/mol. The van der Waals surface area contributed by atoms with Crippen molar-refractivity contribution in [1.82, 2.24) is 20.3 Å². The summed E-state index contributed by atoms with van der Waals surface area (Å²) in [5.41, 5.74) is 0.791. The van der Waals surface area contributed by atoms with Gasteiger partial charge in [0.15, 0.2) is 0 Å². The van der Waals surface area contributed by atoms with Crippen LogP contribution < -0.4 is 16.4 Å². The van der Waals surface area contributed by atoms with Crippen molar-refractivity contribution in [3.8, 4) is 0 Å². The van der Waals surface area contributed by atoms with Crippen LogP contribution in [0.2, 0.25) is 0 Å². The first kappa shape index (κ1) is 17.1. The number of aromatic nitrogens is 3. The number of H-pyrrole nitrogens is 2. The van der Waals surface area contributed by atoms with E-state index in [0.717, 1.165) is 22.0 Å². The molecule has 0 radical (unpaired) electrons. The maximum Gasteiger partial charge on any atom is 0.314 e. The fourth-order valence-corrected chi connectivity index (χ4v) is 3.54. The average Bonchev–Trinajstić information content (AvgIpc) is 2.92. The Kier molecular flexibility index (Phi) is 4.54. The normalized spacial score (nSPS) is 12.3. The van der Waals surface area contributed by atoms with E-state index in [4.69, 9.17) is 0 Å². The van der Waals surface area contributed by atoms with Crippen LogP contribution in [-0.4, -0.2) is 20.9 Å². The van der Waals surface area contributed by atoms with Crippen molar-refractivity contribution in [2.45, 2.75) is 33.2 Å². The molecule has 0 bridgehead atoms. The number of fused-ring (bicyclic) bond motifs is 1. The summed E-state index contributed by atoms with van der Waals surface area (Å²) in [5.74, 6) is -0.258. The van der Waals surface area contributed by atoms with Crippen LogP contribution in [0.4, 0.5) is 0 Å². The fourth-order valence-electron chi connectivity index (χ4n) is 2.48. The summed E-state index contributed by atoms with van der Waals surface area (Å²) in [6.45, 7) is 5.94. The Hall–Kier alpha value is -2.74. The molecule has 2 aromatic heterocycles. The Morgan fingerprint density at radius 3 is 2.48 bits per heavy atom. The summed E-state index contributed by atoms with van der Waals surface area (Å²) in [6, 6.07) is 4.58. The number of thiazole rings is 1. The van der Waals surface area contributed by atoms with Crippen LogP contribution in [0.5, 0.6) is 0 Å². The third-order valence-electron chi connectivity index (χ3n) is 4.04. The van der Waals surface area contributed by atoms with E-state index in [1.165, 1.54) is 0 Å². The maximum atomic E-state index is 12.6. The number of aromatic amines is 2. The molecule has 3 N–H and O–H groups in total. The lowest BCUT2D eigenvalue weighted by Crippen LogP contribution is -2.30. The summed E-state index contributed by atoms with van der Waals surface area (Å²) >= 11 is 1.58. The van der Waals surface area contributed by atoms with Crippen molar-refractivity contribution in [2.24, 2.45) is 0 Å². The van der Waals surface area contributed by atoms with Gasteiger partial charge in [0.25, 0.3) is 5.91 Å². The number of aryl methyl sites for hydroxylation is 2. The van der Waals surface area contributed by atoms with Crippen molar-refractivity contribution in [2.75, 3.05) is 0 Å². The van der Waals surface area contributed by atoms with Crippen LogP contribution in [0.3, 0.4) is 0 Å². The molecule has 0 aliphatic rings. The Morgan fingerprint density at radius 2 is 1.88 bits per heavy atom. The molecule has 0 saturated carbocycles. The lowest BCUT2D eigenvalue weighted by atomic mass is 10.1. The molecule has 1 aromatic carbocycles. The zero-order chi connectivity index (χ0) is 18.1. The number of hydrogen-bond donors (Lipinski definition) is 3. The Labute approximate surface area is 147 Å². The number of nitrogens with one attached hydrogen (secondary N) is 3. The highest BCUT2D eigenvalue weighted by atomic mass is 32.1. The van der Waals surface area contributed by atoms with E-state index in [1.54, 1.807) is 29.5 Å². The molecule has 7 nitrogen and oxygen atoms in total. The first-order chi connectivity index (χ1) is 11.9. The monoisotopic (exact) mass is 358 g/mol. The van der Waals surface area contributed by atoms with E-state index >= 15 is 0 Å². The minimum absolute atomic E-state index is 0.171. The number of amides is 1. The van der Waals surface area contributed by atoms with Gasteiger partial charge in [0, 0.05) is 10.4 Å². The number of rotatable bonds is 4. The van der Waals surface area contributed by atoms with Crippen LogP contribution in [0, 0.1) is 13.8 Å². The molecule has 130 valence electrons. The highest BCUT2D eigenvalue weighted by molar-refractivity contribution is 7.11. The van der Waals surface area contributed by atoms with Crippen LogP contribution >= 0.6 is 11.3 Å². The van der Waals surface area contributed by atoms with Crippen molar-refractivity contribution >= 4 is 28.3 Å². The molecule has 8 heteroatoms. The topological polar surface area (TPSA) is 108 Å². The standard InChI is InChI=1S/C17H18N4O3S/c1-4-11(17-18-8(2)9(3)25-17)19-14(22)10-5-6-12-13(7-10)21-16(24)15(23)20-12/h5-7,11H,4H2,1-3H3,(H,19,22)(H,20,23)(H,21,24). The predicted octanol–water partition coefficient (Wildman–Crippen LogP) is 2.17. The summed E-state index contributed by atoms with van der Waals surface area (Å²) in [7, 11) is 0. The summed E-state index contributed by atoms with van der Waals surface area (Å²) in [6.07, 6.45) is 0.718. The second-order valence-electron chi connectivity index (χ2n) is 5.80. The van der Waals surface area contributed by atoms with Crippen LogP contribution in [0.25, 0.3) is 11.0 Å². The van der Waals surface area contributed by atoms with Crippen molar-refractivity contribution in [1.29, 1.82) is 0 Å². The first-order valence-electron chi connectivity index (χ1n) is 7.90. The molecule has 1 atom stereocenters. The van der Waals surface area contributed by atoms with Crippen molar-refractivity contribution in [3.05, 3.63) is 60.0 Å². The lowest BCUT2D eigenvalue weighted by molar-refractivity contribution is 0.0935. The van der Waals surface area contributed by atoms with E-state index < -0.39 is 11.1 Å². The molecule has 2 heterocycles. The third kappa shape index (κ3) is 3.39. The van der Waals surface area contributed by atoms with Crippen LogP contribution in [0.1, 0.15) is 45.3 Å². The lowest BCUT2D eigenvalue weighted by Gasteiger charge is -2.14. The molecule has 3 aromatic rings. The number of nitrogens with zero attached hydrogens (tertiary/aromatic N) is 1. The molecule has 3 rings (SSSR count). The largest absolute Gasteiger partial charge is 0.343 e. The predicted molar refractivity (Wildman–Crippen MR) is 97.3 cm³/mol. The van der Waals surface area contributed by atoms with Gasteiger partial charge < -0.3 is 15.3 Å². The number of hydrogen-bond acceptors (Lipinski definition) is 5. The SMILES string of the molecule is CCC(NC(=O)c1ccc2[nH]c(=O)c(=O)[nH]c2c1)c1nc(C)c(C)s1. The highest BCUT2D eigenvalue weighted by Gasteiger charge is 2.18. The second-order valence-corrected chi connectivity index (χ2v) is 7.03. The van der Waals surface area contributed by atoms with Crippen LogP contribution in [0.15, 0.2) is 27.8 Å². The van der Waals surface area contributed by atoms with E-state index in [2.05, 4.69) is 20.3 Å². The Balaban J connectivity index is 1.89. The maximum absolute atomic E-state index is 12.6. The average molecular weight is 358 g/mol. The van der Waals surface area contributed by atoms with Gasteiger partial charge in [0.05, 0.1) is 22.8 Å². The molecule has 0 saturated heterocycles. The van der Waals surface area contributed by atoms with E-state index in [-0.39, 0.29) is 11.9 Å². The first-order valence-corrected chi connectivity index (χ1v) is 8.72. The molecule has 1 amide bonds. The van der Waals surface area contributed by atoms with Gasteiger partial charge in [-0.15, -0.1) is 11.3 Å². The smallest absolute Gasteiger partial charge is 0.314 e. The van der Waals surface area contributed by atoms with Crippen LogP contribution in [-0.2, 0) is 0 Å². The molecule has 0 aliphatic heterocycles. The molecule has 1 unspecified atom stereocenters. The Bertz CT molecular complexity index is 1040. The van der Waals surface area contributed by atoms with Gasteiger partial charge in [-0.2, -0.15) is 0 Å². The number of carbonyl (C=O) groups excluding carboxylic acids is 1. The van der Waals surface area contributed by atoms with Gasteiger partial charge >= 0.3 is 11.1 Å². The summed E-state index contributed by atoms with van der Waals surface area (Å²) < 4.78 is 0. The molecule has 0 fully saturated rings. The number of carbonyl (C=O) groups is 1. The van der Waals surface area contributed by atoms with Gasteiger partial charge in [-0.05, 0) is 38.5 Å². The zero-order valence-electron chi connectivity index (χ0n) is 14.1. The second kappa shape index (κ2) is 6.64.